The van der Waals surface area contributed by atoms with Gasteiger partial charge < -0.3 is 10.6 Å². The van der Waals surface area contributed by atoms with Gasteiger partial charge in [-0.05, 0) is 37.1 Å². The molecule has 144 valence electrons. The second kappa shape index (κ2) is 8.96. The lowest BCUT2D eigenvalue weighted by Crippen LogP contribution is -2.36. The van der Waals surface area contributed by atoms with Crippen molar-refractivity contribution in [1.82, 2.24) is 14.6 Å². The minimum absolute atomic E-state index is 0.131. The quantitative estimate of drug-likeness (QED) is 0.796. The highest BCUT2D eigenvalue weighted by atomic mass is 32.2. The van der Waals surface area contributed by atoms with Crippen LogP contribution >= 0.6 is 0 Å². The third kappa shape index (κ3) is 5.05. The number of nitrogens with one attached hydrogen (secondary N) is 2. The highest BCUT2D eigenvalue weighted by Crippen LogP contribution is 2.26. The molecule has 0 bridgehead atoms. The first-order valence-electron chi connectivity index (χ1n) is 9.11. The topological polar surface area (TPSA) is 91.4 Å². The van der Waals surface area contributed by atoms with Crippen LogP contribution in [0.1, 0.15) is 25.0 Å². The number of hydrogen-bond donors (Lipinski definition) is 2. The monoisotopic (exact) mass is 388 g/mol. The van der Waals surface area contributed by atoms with Gasteiger partial charge in [-0.15, -0.1) is 0 Å². The second-order valence-corrected chi connectivity index (χ2v) is 8.32. The van der Waals surface area contributed by atoms with E-state index in [4.69, 9.17) is 0 Å². The van der Waals surface area contributed by atoms with Gasteiger partial charge in [-0.2, -0.15) is 4.31 Å². The Morgan fingerprint density at radius 2 is 1.78 bits per heavy atom. The minimum Gasteiger partial charge on any atom is -0.337 e. The van der Waals surface area contributed by atoms with E-state index in [0.717, 1.165) is 25.0 Å². The highest BCUT2D eigenvalue weighted by molar-refractivity contribution is 7.89. The fraction of sp³-hybridized carbons (Fsp3) is 0.368. The van der Waals surface area contributed by atoms with E-state index in [1.54, 1.807) is 24.4 Å². The number of para-hydroxylation sites is 1. The van der Waals surface area contributed by atoms with Crippen LogP contribution in [-0.4, -0.2) is 43.4 Å². The normalized spacial score (nSPS) is 15.3. The standard InChI is InChI=1S/C19H24N4O3S/c24-19(21-13-11-16-8-4-5-12-20-16)22-17-9-2-3-10-18(17)27(25,26)23-14-6-1-7-15-23/h2-5,8-10,12H,1,6-7,11,13-15H2,(H2,21,22,24). The van der Waals surface area contributed by atoms with E-state index < -0.39 is 16.1 Å². The second-order valence-electron chi connectivity index (χ2n) is 6.41. The Labute approximate surface area is 159 Å². The first kappa shape index (κ1) is 19.3. The summed E-state index contributed by atoms with van der Waals surface area (Å²) in [6.45, 7) is 1.45. The van der Waals surface area contributed by atoms with Gasteiger partial charge in [0, 0.05) is 37.9 Å². The van der Waals surface area contributed by atoms with Gasteiger partial charge in [0.05, 0.1) is 5.69 Å². The molecule has 0 atom stereocenters. The molecule has 0 unspecified atom stereocenters. The third-order valence-electron chi connectivity index (χ3n) is 4.46. The van der Waals surface area contributed by atoms with E-state index in [1.165, 1.54) is 10.4 Å². The maximum Gasteiger partial charge on any atom is 0.319 e. The molecule has 0 saturated carbocycles. The van der Waals surface area contributed by atoms with Crippen molar-refractivity contribution >= 4 is 21.7 Å². The molecule has 7 nitrogen and oxygen atoms in total. The fourth-order valence-electron chi connectivity index (χ4n) is 3.06. The molecule has 1 saturated heterocycles. The number of carbonyl (C=O) groups is 1. The molecule has 1 aromatic heterocycles. The zero-order valence-corrected chi connectivity index (χ0v) is 15.9. The van der Waals surface area contributed by atoms with Crippen LogP contribution in [-0.2, 0) is 16.4 Å². The summed E-state index contributed by atoms with van der Waals surface area (Å²) in [5.41, 5.74) is 1.17. The van der Waals surface area contributed by atoms with Crippen molar-refractivity contribution in [2.45, 2.75) is 30.6 Å². The average molecular weight is 388 g/mol. The van der Waals surface area contributed by atoms with Crippen LogP contribution in [0.3, 0.4) is 0 Å². The Hall–Kier alpha value is -2.45. The molecular formula is C19H24N4O3S. The molecule has 2 amide bonds. The van der Waals surface area contributed by atoms with Gasteiger partial charge in [0.1, 0.15) is 4.90 Å². The molecule has 1 aliphatic heterocycles. The Balaban J connectivity index is 1.64. The van der Waals surface area contributed by atoms with Crippen LogP contribution in [0.2, 0.25) is 0 Å². The lowest BCUT2D eigenvalue weighted by molar-refractivity contribution is 0.252. The summed E-state index contributed by atoms with van der Waals surface area (Å²) in [4.78, 5) is 16.5. The Kier molecular flexibility index (Phi) is 6.41. The zero-order chi connectivity index (χ0) is 19.1. The summed E-state index contributed by atoms with van der Waals surface area (Å²) in [5.74, 6) is 0. The lowest BCUT2D eigenvalue weighted by atomic mass is 10.2. The number of hydrogen-bond acceptors (Lipinski definition) is 4. The van der Waals surface area contributed by atoms with Gasteiger partial charge in [0.15, 0.2) is 0 Å². The summed E-state index contributed by atoms with van der Waals surface area (Å²) in [6.07, 6.45) is 5.08. The third-order valence-corrected chi connectivity index (χ3v) is 6.42. The van der Waals surface area contributed by atoms with E-state index in [2.05, 4.69) is 15.6 Å². The first-order valence-corrected chi connectivity index (χ1v) is 10.6. The number of amides is 2. The molecule has 1 aromatic carbocycles. The van der Waals surface area contributed by atoms with Crippen molar-refractivity contribution in [2.24, 2.45) is 0 Å². The Morgan fingerprint density at radius 3 is 2.52 bits per heavy atom. The number of anilines is 1. The molecule has 0 radical (unpaired) electrons. The van der Waals surface area contributed by atoms with Crippen molar-refractivity contribution in [3.8, 4) is 0 Å². The molecule has 27 heavy (non-hydrogen) atoms. The summed E-state index contributed by atoms with van der Waals surface area (Å²) >= 11 is 0. The number of benzene rings is 1. The van der Waals surface area contributed by atoms with Crippen LogP contribution in [0.15, 0.2) is 53.6 Å². The van der Waals surface area contributed by atoms with Gasteiger partial charge in [-0.3, -0.25) is 4.98 Å². The number of carbonyl (C=O) groups excluding carboxylic acids is 1. The smallest absolute Gasteiger partial charge is 0.319 e. The predicted octanol–water partition coefficient (Wildman–Crippen LogP) is 2.62. The lowest BCUT2D eigenvalue weighted by Gasteiger charge is -2.26. The van der Waals surface area contributed by atoms with Crippen LogP contribution in [0.4, 0.5) is 10.5 Å². The zero-order valence-electron chi connectivity index (χ0n) is 15.1. The molecule has 0 spiro atoms. The molecule has 2 heterocycles. The molecule has 1 aliphatic rings. The van der Waals surface area contributed by atoms with Crippen LogP contribution in [0.25, 0.3) is 0 Å². The molecule has 8 heteroatoms. The number of urea groups is 1. The fourth-order valence-corrected chi connectivity index (χ4v) is 4.72. The predicted molar refractivity (Wildman–Crippen MR) is 104 cm³/mol. The number of nitrogens with zero attached hydrogens (tertiary/aromatic N) is 2. The molecule has 0 aliphatic carbocycles. The van der Waals surface area contributed by atoms with E-state index in [0.29, 0.717) is 31.7 Å². The van der Waals surface area contributed by atoms with E-state index in [-0.39, 0.29) is 4.90 Å². The highest BCUT2D eigenvalue weighted by Gasteiger charge is 2.28. The molecule has 2 N–H and O–H groups in total. The molecule has 1 fully saturated rings. The maximum atomic E-state index is 12.9. The number of pyridine rings is 1. The van der Waals surface area contributed by atoms with Crippen molar-refractivity contribution in [2.75, 3.05) is 25.0 Å². The maximum absolute atomic E-state index is 12.9. The first-order chi connectivity index (χ1) is 13.1. The Morgan fingerprint density at radius 1 is 1.04 bits per heavy atom. The van der Waals surface area contributed by atoms with E-state index in [1.807, 2.05) is 18.2 Å². The summed E-state index contributed by atoms with van der Waals surface area (Å²) in [7, 11) is -3.62. The number of piperidine rings is 1. The van der Waals surface area contributed by atoms with Crippen LogP contribution in [0.5, 0.6) is 0 Å². The van der Waals surface area contributed by atoms with Gasteiger partial charge in [-0.25, -0.2) is 13.2 Å². The van der Waals surface area contributed by atoms with Gasteiger partial charge in [-0.1, -0.05) is 24.6 Å². The van der Waals surface area contributed by atoms with Crippen molar-refractivity contribution in [1.29, 1.82) is 0 Å². The SMILES string of the molecule is O=C(NCCc1ccccn1)Nc1ccccc1S(=O)(=O)N1CCCCC1. The van der Waals surface area contributed by atoms with E-state index in [9.17, 15) is 13.2 Å². The molecular weight excluding hydrogens is 364 g/mol. The van der Waals surface area contributed by atoms with Gasteiger partial charge >= 0.3 is 6.03 Å². The number of sulfonamides is 1. The van der Waals surface area contributed by atoms with Crippen molar-refractivity contribution < 1.29 is 13.2 Å². The number of aromatic nitrogens is 1. The molecule has 2 aromatic rings. The summed E-state index contributed by atoms with van der Waals surface area (Å²) in [5, 5.41) is 5.41. The average Bonchev–Trinajstić information content (AvgIpc) is 2.70. The van der Waals surface area contributed by atoms with E-state index >= 15 is 0 Å². The van der Waals surface area contributed by atoms with Crippen molar-refractivity contribution in [3.05, 3.63) is 54.4 Å². The minimum atomic E-state index is -3.62. The summed E-state index contributed by atoms with van der Waals surface area (Å²) in [6, 6.07) is 11.7. The summed E-state index contributed by atoms with van der Waals surface area (Å²) < 4.78 is 27.4. The van der Waals surface area contributed by atoms with Gasteiger partial charge in [0.25, 0.3) is 0 Å². The Bertz CT molecular complexity index is 866. The van der Waals surface area contributed by atoms with Gasteiger partial charge in [0.2, 0.25) is 10.0 Å². The van der Waals surface area contributed by atoms with Crippen molar-refractivity contribution in [3.63, 3.8) is 0 Å². The molecule has 3 rings (SSSR count). The van der Waals surface area contributed by atoms with Crippen LogP contribution in [0, 0.1) is 0 Å². The largest absolute Gasteiger partial charge is 0.337 e. The van der Waals surface area contributed by atoms with Crippen LogP contribution < -0.4 is 10.6 Å². The number of rotatable bonds is 6.